The Hall–Kier alpha value is -6.09. The zero-order valence-corrected chi connectivity index (χ0v) is 36.8. The summed E-state index contributed by atoms with van der Waals surface area (Å²) in [7, 11) is -3.82. The van der Waals surface area contributed by atoms with Crippen molar-refractivity contribution in [1.29, 1.82) is 0 Å². The van der Waals surface area contributed by atoms with Crippen LogP contribution in [0.15, 0.2) is 109 Å². The van der Waals surface area contributed by atoms with Crippen LogP contribution in [0.5, 0.6) is 0 Å². The van der Waals surface area contributed by atoms with Gasteiger partial charge < -0.3 is 56.5 Å². The minimum Gasteiger partial charge on any atom is -0.394 e. The van der Waals surface area contributed by atoms with Gasteiger partial charge in [0.1, 0.15) is 48.3 Å². The lowest BCUT2D eigenvalue weighted by Gasteiger charge is -2.17. The fourth-order valence-corrected chi connectivity index (χ4v) is 8.72. The molecule has 2 saturated heterocycles. The van der Waals surface area contributed by atoms with Crippen molar-refractivity contribution >= 4 is 44.0 Å². The van der Waals surface area contributed by atoms with Gasteiger partial charge in [-0.3, -0.25) is 9.13 Å². The van der Waals surface area contributed by atoms with Crippen molar-refractivity contribution in [3.05, 3.63) is 126 Å². The molecule has 0 unspecified atom stereocenters. The molecule has 0 amide bonds. The van der Waals surface area contributed by atoms with Gasteiger partial charge >= 0.3 is 0 Å². The van der Waals surface area contributed by atoms with Crippen molar-refractivity contribution in [3.63, 3.8) is 0 Å². The summed E-state index contributed by atoms with van der Waals surface area (Å²) in [6, 6.07) is 27.9. The minimum absolute atomic E-state index is 0.110. The number of anilines is 2. The molecule has 3 aromatic carbocycles. The number of hydrogen-bond donors (Lipinski definition) is 10. The van der Waals surface area contributed by atoms with Gasteiger partial charge in [0.2, 0.25) is 10.0 Å². The number of nitrogens with zero attached hydrogens (tertiary/aromatic N) is 8. The third-order valence-corrected chi connectivity index (χ3v) is 12.7. The van der Waals surface area contributed by atoms with Crippen molar-refractivity contribution in [1.82, 2.24) is 43.8 Å². The Balaban J connectivity index is 0.000000188. The number of benzene rings is 3. The van der Waals surface area contributed by atoms with Gasteiger partial charge in [0.25, 0.3) is 0 Å². The van der Waals surface area contributed by atoms with Gasteiger partial charge in [-0.05, 0) is 36.1 Å². The summed E-state index contributed by atoms with van der Waals surface area (Å²) < 4.78 is 42.3. The number of imidazole rings is 2. The van der Waals surface area contributed by atoms with E-state index in [-0.39, 0.29) is 29.5 Å². The van der Waals surface area contributed by atoms with Crippen molar-refractivity contribution in [2.24, 2.45) is 5.73 Å². The molecule has 2 aliphatic rings. The van der Waals surface area contributed by atoms with E-state index in [2.05, 4.69) is 57.4 Å². The first-order chi connectivity index (χ1) is 32.5. The standard InChI is InChI=1S/C25H28N6O6S.C19H24N6O4/c32-14-18-21(33)22(34)25(37-18)31-15-27-20-23(26-12-11-16-7-3-1-4-8-16)29-19(30-24(20)31)13-28-38(35,36)17-9-5-2-6-10-17;20-8-13-23-17(21-7-6-11-4-2-1-3-5-11)14-18(24-13)25(10-22-14)19-16(28)15(27)12(9-26)29-19/h1-10,15,18,21-22,25,28,32-34H,11-14H2,(H,26,29,30);1-5,10,12,15-16,19,26-28H,6-9,20H2,(H,21,23,24)/t18-,21-,22-,25-;12-,15-,16-,19-/m11/s1. The highest BCUT2D eigenvalue weighted by atomic mass is 32.2. The van der Waals surface area contributed by atoms with Gasteiger partial charge in [-0.25, -0.2) is 43.0 Å². The smallest absolute Gasteiger partial charge is 0.240 e. The van der Waals surface area contributed by atoms with E-state index in [1.165, 1.54) is 39.5 Å². The lowest BCUT2D eigenvalue weighted by molar-refractivity contribution is -0.0511. The summed E-state index contributed by atoms with van der Waals surface area (Å²) in [6.45, 7) is 0.199. The van der Waals surface area contributed by atoms with Crippen LogP contribution in [0.2, 0.25) is 0 Å². The fraction of sp³-hybridized carbons (Fsp3) is 0.364. The van der Waals surface area contributed by atoms with E-state index < -0.39 is 72.3 Å². The van der Waals surface area contributed by atoms with Crippen LogP contribution in [-0.2, 0) is 45.4 Å². The molecule has 2 aliphatic heterocycles. The number of aromatic nitrogens is 8. The van der Waals surface area contributed by atoms with Crippen LogP contribution < -0.4 is 21.1 Å². The van der Waals surface area contributed by atoms with E-state index in [0.29, 0.717) is 53.7 Å². The van der Waals surface area contributed by atoms with E-state index >= 15 is 0 Å². The molecule has 4 aromatic heterocycles. The number of ether oxygens (including phenoxy) is 2. The number of sulfonamides is 1. The largest absolute Gasteiger partial charge is 0.394 e. The fourth-order valence-electron chi connectivity index (χ4n) is 7.71. The SMILES string of the molecule is NCc1nc(NCCc2ccccc2)c2ncn([C@@H]3O[C@H](CO)[C@@H](O)[C@H]3O)c2n1.O=S(=O)(NCc1nc(NCCc2ccccc2)c2ncn([C@@H]3O[C@H](CO)[C@@H](O)[C@H]3O)c2n1)c1ccccc1. The topological polar surface area (TPSA) is 323 Å². The molecule has 0 saturated carbocycles. The Morgan fingerprint density at radius 2 is 1.03 bits per heavy atom. The molecule has 23 heteroatoms. The highest BCUT2D eigenvalue weighted by Crippen LogP contribution is 2.34. The first-order valence-corrected chi connectivity index (χ1v) is 23.0. The second-order valence-corrected chi connectivity index (χ2v) is 17.5. The van der Waals surface area contributed by atoms with Gasteiger partial charge in [-0.2, -0.15) is 0 Å². The third kappa shape index (κ3) is 10.6. The van der Waals surface area contributed by atoms with Gasteiger partial charge in [0, 0.05) is 13.1 Å². The van der Waals surface area contributed by atoms with E-state index in [0.717, 1.165) is 12.0 Å². The highest BCUT2D eigenvalue weighted by Gasteiger charge is 2.45. The van der Waals surface area contributed by atoms with Crippen LogP contribution in [0.1, 0.15) is 35.2 Å². The maximum absolute atomic E-state index is 12.8. The molecule has 0 spiro atoms. The number of fused-ring (bicyclic) bond motifs is 2. The summed E-state index contributed by atoms with van der Waals surface area (Å²) >= 11 is 0. The number of aliphatic hydroxyl groups is 6. The Labute approximate surface area is 384 Å². The van der Waals surface area contributed by atoms with Crippen molar-refractivity contribution < 1.29 is 48.5 Å². The summed E-state index contributed by atoms with van der Waals surface area (Å²) in [6.07, 6.45) is -4.53. The molecule has 0 aliphatic carbocycles. The van der Waals surface area contributed by atoms with E-state index in [4.69, 9.17) is 15.2 Å². The molecule has 11 N–H and O–H groups in total. The predicted molar refractivity (Wildman–Crippen MR) is 242 cm³/mol. The number of rotatable bonds is 17. The maximum atomic E-state index is 12.8. The van der Waals surface area contributed by atoms with Crippen LogP contribution in [0.25, 0.3) is 22.3 Å². The average molecular weight is 941 g/mol. The quantitative estimate of drug-likeness (QED) is 0.0580. The number of nitrogens with one attached hydrogen (secondary N) is 3. The lowest BCUT2D eigenvalue weighted by atomic mass is 10.1. The van der Waals surface area contributed by atoms with Gasteiger partial charge in [-0.15, -0.1) is 0 Å². The van der Waals surface area contributed by atoms with Gasteiger partial charge in [-0.1, -0.05) is 78.9 Å². The molecule has 7 aromatic rings. The molecule has 9 rings (SSSR count). The van der Waals surface area contributed by atoms with Crippen LogP contribution in [0.3, 0.4) is 0 Å². The predicted octanol–water partition coefficient (Wildman–Crippen LogP) is 0.122. The second-order valence-electron chi connectivity index (χ2n) is 15.7. The monoisotopic (exact) mass is 940 g/mol. The Morgan fingerprint density at radius 3 is 1.46 bits per heavy atom. The van der Waals surface area contributed by atoms with Crippen LogP contribution in [0, 0.1) is 0 Å². The summed E-state index contributed by atoms with van der Waals surface area (Å²) in [5, 5.41) is 66.5. The molecular weight excluding hydrogens is 889 g/mol. The van der Waals surface area contributed by atoms with Crippen LogP contribution in [-0.4, -0.2) is 141 Å². The van der Waals surface area contributed by atoms with E-state index in [9.17, 15) is 39.1 Å². The Bertz CT molecular complexity index is 2830. The minimum atomic E-state index is -3.82. The average Bonchev–Trinajstić information content (AvgIpc) is 4.12. The number of nitrogens with two attached hydrogens (primary N) is 1. The van der Waals surface area contributed by atoms with Gasteiger partial charge in [0.05, 0.1) is 43.9 Å². The molecule has 22 nitrogen and oxygen atoms in total. The zero-order chi connectivity index (χ0) is 47.1. The molecule has 6 heterocycles. The Kier molecular flexibility index (Phi) is 15.0. The van der Waals surface area contributed by atoms with E-state index in [1.807, 2.05) is 48.5 Å². The summed E-state index contributed by atoms with van der Waals surface area (Å²) in [5.41, 5.74) is 9.66. The molecular formula is C44H52N12O10S. The molecule has 67 heavy (non-hydrogen) atoms. The maximum Gasteiger partial charge on any atom is 0.240 e. The molecule has 354 valence electrons. The van der Waals surface area contributed by atoms with Gasteiger partial charge in [0.15, 0.2) is 46.4 Å². The first kappa shape index (κ1) is 47.4. The van der Waals surface area contributed by atoms with Crippen LogP contribution in [0.4, 0.5) is 11.6 Å². The molecule has 0 bridgehead atoms. The van der Waals surface area contributed by atoms with Crippen LogP contribution >= 0.6 is 0 Å². The van der Waals surface area contributed by atoms with E-state index in [1.54, 1.807) is 18.2 Å². The third-order valence-electron chi connectivity index (χ3n) is 11.3. The Morgan fingerprint density at radius 1 is 0.597 bits per heavy atom. The first-order valence-electron chi connectivity index (χ1n) is 21.5. The number of aliphatic hydroxyl groups excluding tert-OH is 6. The summed E-state index contributed by atoms with van der Waals surface area (Å²) in [5.74, 6) is 1.49. The van der Waals surface area contributed by atoms with Crippen molar-refractivity contribution in [2.45, 2.75) is 79.9 Å². The van der Waals surface area contributed by atoms with Crippen molar-refractivity contribution in [2.75, 3.05) is 36.9 Å². The molecule has 0 radical (unpaired) electrons. The normalized spacial score (nSPS) is 22.8. The lowest BCUT2D eigenvalue weighted by Crippen LogP contribution is -2.33. The second kappa shape index (κ2) is 21.3. The number of hydrogen-bond acceptors (Lipinski definition) is 19. The zero-order valence-electron chi connectivity index (χ0n) is 36.0. The highest BCUT2D eigenvalue weighted by molar-refractivity contribution is 7.89. The molecule has 2 fully saturated rings. The summed E-state index contributed by atoms with van der Waals surface area (Å²) in [4.78, 5) is 26.8. The van der Waals surface area contributed by atoms with Crippen molar-refractivity contribution in [3.8, 4) is 0 Å². The molecule has 8 atom stereocenters.